The van der Waals surface area contributed by atoms with Gasteiger partial charge in [-0.2, -0.15) is 0 Å². The third-order valence-corrected chi connectivity index (χ3v) is 11.9. The average molecular weight is 789 g/mol. The summed E-state index contributed by atoms with van der Waals surface area (Å²) in [5.74, 6) is -0.237. The molecule has 0 saturated carbocycles. The summed E-state index contributed by atoms with van der Waals surface area (Å²) in [5.41, 5.74) is 4.59. The van der Waals surface area contributed by atoms with Gasteiger partial charge >= 0.3 is 5.97 Å². The Morgan fingerprint density at radius 3 is 2.62 bits per heavy atom. The molecule has 5 aromatic rings. The van der Waals surface area contributed by atoms with Crippen molar-refractivity contribution in [3.63, 3.8) is 0 Å². The van der Waals surface area contributed by atoms with Gasteiger partial charge in [0.1, 0.15) is 35.1 Å². The molecule has 2 saturated heterocycles. The Labute approximate surface area is 329 Å². The van der Waals surface area contributed by atoms with Gasteiger partial charge in [0.25, 0.3) is 0 Å². The van der Waals surface area contributed by atoms with Crippen molar-refractivity contribution < 1.29 is 33.2 Å². The monoisotopic (exact) mass is 788 g/mol. The van der Waals surface area contributed by atoms with Gasteiger partial charge in [-0.3, -0.25) is 4.90 Å². The molecule has 290 valence electrons. The number of para-hydroxylation sites is 1. The van der Waals surface area contributed by atoms with Crippen molar-refractivity contribution in [3.05, 3.63) is 88.5 Å². The van der Waals surface area contributed by atoms with Gasteiger partial charge in [0.05, 0.1) is 17.0 Å². The third kappa shape index (κ3) is 8.89. The number of aromatic nitrogens is 2. The average Bonchev–Trinajstić information content (AvgIpc) is 3.58. The van der Waals surface area contributed by atoms with Crippen LogP contribution in [-0.2, 0) is 22.4 Å². The molecule has 0 spiro atoms. The molecule has 0 amide bonds. The maximum Gasteiger partial charge on any atom is 0.345 e. The summed E-state index contributed by atoms with van der Waals surface area (Å²) in [4.78, 5) is 28.1. The molecular formula is C42H46ClFN4O6S. The van der Waals surface area contributed by atoms with E-state index in [1.165, 1.54) is 23.7 Å². The van der Waals surface area contributed by atoms with Crippen LogP contribution in [0.4, 0.5) is 4.39 Å². The van der Waals surface area contributed by atoms with Crippen molar-refractivity contribution in [2.45, 2.75) is 58.3 Å². The van der Waals surface area contributed by atoms with Crippen molar-refractivity contribution in [1.82, 2.24) is 19.8 Å². The molecule has 10 nitrogen and oxygen atoms in total. The van der Waals surface area contributed by atoms with Gasteiger partial charge in [0.2, 0.25) is 12.0 Å². The molecule has 1 unspecified atom stereocenters. The Bertz CT molecular complexity index is 2140. The number of carbonyl (C=O) groups is 1. The van der Waals surface area contributed by atoms with Crippen LogP contribution in [0.2, 0.25) is 5.02 Å². The van der Waals surface area contributed by atoms with Gasteiger partial charge in [0.15, 0.2) is 6.29 Å². The van der Waals surface area contributed by atoms with Crippen LogP contribution in [-0.4, -0.2) is 96.2 Å². The molecule has 0 aliphatic carbocycles. The van der Waals surface area contributed by atoms with Gasteiger partial charge < -0.3 is 29.0 Å². The lowest BCUT2D eigenvalue weighted by molar-refractivity contribution is -0.145. The second-order valence-electron chi connectivity index (χ2n) is 14.0. The fourth-order valence-electron chi connectivity index (χ4n) is 7.16. The van der Waals surface area contributed by atoms with Crippen molar-refractivity contribution >= 4 is 39.1 Å². The molecule has 2 aromatic heterocycles. The molecule has 0 radical (unpaired) electrons. The first-order valence-corrected chi connectivity index (χ1v) is 20.0. The van der Waals surface area contributed by atoms with E-state index >= 15 is 0 Å². The van der Waals surface area contributed by atoms with E-state index < -0.39 is 18.4 Å². The minimum Gasteiger partial charge on any atom is -0.491 e. The number of aliphatic carboxylic acids is 1. The highest BCUT2D eigenvalue weighted by Gasteiger charge is 2.29. The number of aryl methyl sites for hydroxylation is 1. The molecule has 3 aromatic carbocycles. The number of carboxylic acids is 1. The zero-order valence-corrected chi connectivity index (χ0v) is 32.9. The van der Waals surface area contributed by atoms with Crippen LogP contribution in [0, 0.1) is 12.7 Å². The van der Waals surface area contributed by atoms with Crippen LogP contribution in [0.5, 0.6) is 17.4 Å². The van der Waals surface area contributed by atoms with Crippen molar-refractivity contribution in [2.75, 3.05) is 53.0 Å². The fourth-order valence-corrected chi connectivity index (χ4v) is 8.59. The molecular weight excluding hydrogens is 743 g/mol. The number of ether oxygens (including phenoxy) is 4. The number of hydrogen-bond acceptors (Lipinski definition) is 10. The molecule has 2 aliphatic rings. The van der Waals surface area contributed by atoms with Crippen LogP contribution in [0.3, 0.4) is 0 Å². The number of fused-ring (bicyclic) bond motifs is 1. The second-order valence-corrected chi connectivity index (χ2v) is 15.4. The Hall–Kier alpha value is -4.33. The molecule has 1 N–H and O–H groups in total. The van der Waals surface area contributed by atoms with Crippen molar-refractivity contribution in [2.24, 2.45) is 0 Å². The normalized spacial score (nSPS) is 17.3. The van der Waals surface area contributed by atoms with E-state index in [4.69, 9.17) is 30.5 Å². The number of carboxylic acid groups (broad SMARTS) is 1. The van der Waals surface area contributed by atoms with Gasteiger partial charge in [-0.1, -0.05) is 48.9 Å². The van der Waals surface area contributed by atoms with E-state index in [1.807, 2.05) is 50.2 Å². The third-order valence-electron chi connectivity index (χ3n) is 10.3. The molecule has 2 fully saturated rings. The largest absolute Gasteiger partial charge is 0.491 e. The zero-order chi connectivity index (χ0) is 38.5. The summed E-state index contributed by atoms with van der Waals surface area (Å²) >= 11 is 8.49. The van der Waals surface area contributed by atoms with Crippen LogP contribution >= 0.6 is 22.9 Å². The summed E-state index contributed by atoms with van der Waals surface area (Å²) in [6.45, 7) is 9.87. The first-order valence-electron chi connectivity index (χ1n) is 18.8. The molecule has 7 rings (SSSR count). The van der Waals surface area contributed by atoms with E-state index in [0.29, 0.717) is 51.9 Å². The topological polar surface area (TPSA) is 106 Å². The number of piperazine rings is 1. The fraction of sp³-hybridized carbons (Fsp3) is 0.405. The lowest BCUT2D eigenvalue weighted by atomic mass is 9.93. The summed E-state index contributed by atoms with van der Waals surface area (Å²) in [6.07, 6.45) is 3.01. The number of benzene rings is 3. The van der Waals surface area contributed by atoms with E-state index in [0.717, 1.165) is 84.7 Å². The summed E-state index contributed by atoms with van der Waals surface area (Å²) in [6, 6.07) is 15.9. The summed E-state index contributed by atoms with van der Waals surface area (Å²) < 4.78 is 39.1. The number of halogens is 2. The second kappa shape index (κ2) is 17.6. The van der Waals surface area contributed by atoms with Crippen LogP contribution in [0.25, 0.3) is 31.8 Å². The van der Waals surface area contributed by atoms with Gasteiger partial charge in [0, 0.05) is 56.0 Å². The van der Waals surface area contributed by atoms with Gasteiger partial charge in [-0.05, 0) is 85.3 Å². The number of nitrogens with zero attached hydrogens (tertiary/aromatic N) is 4. The Morgan fingerprint density at radius 1 is 1.05 bits per heavy atom. The SMILES string of the molecule is CCc1cc(F)ccc1-c1sc2ncnc(O[C@@H](Cc3ccccc3OC3CCCCO3)C(=O)O)c2c1-c1ccc(OCCN2CCN(C)CC2)c(Cl)c1C. The number of thiophene rings is 1. The predicted octanol–water partition coefficient (Wildman–Crippen LogP) is 8.29. The molecule has 4 heterocycles. The van der Waals surface area contributed by atoms with Crippen LogP contribution in [0.15, 0.2) is 60.9 Å². The summed E-state index contributed by atoms with van der Waals surface area (Å²) in [7, 11) is 2.13. The van der Waals surface area contributed by atoms with Crippen LogP contribution in [0.1, 0.15) is 42.9 Å². The van der Waals surface area contributed by atoms with E-state index in [1.54, 1.807) is 12.1 Å². The van der Waals surface area contributed by atoms with Crippen LogP contribution < -0.4 is 14.2 Å². The number of hydrogen-bond donors (Lipinski definition) is 1. The first kappa shape index (κ1) is 38.9. The van der Waals surface area contributed by atoms with Gasteiger partial charge in [-0.15, -0.1) is 11.3 Å². The number of likely N-dealkylation sites (N-methyl/N-ethyl adjacent to an activating group) is 1. The number of rotatable bonds is 14. The molecule has 0 bridgehead atoms. The van der Waals surface area contributed by atoms with E-state index in [9.17, 15) is 14.3 Å². The maximum absolute atomic E-state index is 14.6. The summed E-state index contributed by atoms with van der Waals surface area (Å²) in [5, 5.41) is 11.5. The maximum atomic E-state index is 14.6. The van der Waals surface area contributed by atoms with Crippen molar-refractivity contribution in [1.29, 1.82) is 0 Å². The van der Waals surface area contributed by atoms with Gasteiger partial charge in [-0.25, -0.2) is 19.2 Å². The molecule has 13 heteroatoms. The Morgan fingerprint density at radius 2 is 1.85 bits per heavy atom. The quantitative estimate of drug-likeness (QED) is 0.118. The molecule has 2 atom stereocenters. The van der Waals surface area contributed by atoms with Crippen molar-refractivity contribution in [3.8, 4) is 38.9 Å². The van der Waals surface area contributed by atoms with E-state index in [-0.39, 0.29) is 18.1 Å². The molecule has 55 heavy (non-hydrogen) atoms. The molecule has 2 aliphatic heterocycles. The zero-order valence-electron chi connectivity index (χ0n) is 31.4. The Balaban J connectivity index is 1.26. The lowest BCUT2D eigenvalue weighted by Crippen LogP contribution is -2.45. The first-order chi connectivity index (χ1) is 26.7. The highest BCUT2D eigenvalue weighted by molar-refractivity contribution is 7.22. The Kier molecular flexibility index (Phi) is 12.5. The highest BCUT2D eigenvalue weighted by atomic mass is 35.5. The minimum atomic E-state index is -1.32. The predicted molar refractivity (Wildman–Crippen MR) is 213 cm³/mol. The smallest absolute Gasteiger partial charge is 0.345 e. The highest BCUT2D eigenvalue weighted by Crippen LogP contribution is 2.50. The minimum absolute atomic E-state index is 0.0129. The standard InChI is InChI=1S/C42H46ClFN4O6S/c1-4-27-23-29(44)12-13-31(27)39-36(30-14-15-33(38(43)26(30)2)51-22-20-48-18-16-47(3)17-19-48)37-40(45-25-46-41(37)55-39)54-34(42(49)50)24-28-9-5-6-10-32(28)53-35-11-7-8-21-52-35/h5-6,9-10,12-15,23,25,34-35H,4,7-8,11,16-22,24H2,1-3H3,(H,49,50)/t34-,35?/m0/s1. The lowest BCUT2D eigenvalue weighted by Gasteiger charge is -2.32. The van der Waals surface area contributed by atoms with E-state index in [2.05, 4.69) is 26.8 Å².